The van der Waals surface area contributed by atoms with E-state index in [1.807, 2.05) is 6.07 Å². The molecule has 5 heteroatoms. The van der Waals surface area contributed by atoms with Crippen LogP contribution in [0.25, 0.3) is 0 Å². The van der Waals surface area contributed by atoms with Crippen LogP contribution in [0.4, 0.5) is 0 Å². The van der Waals surface area contributed by atoms with Crippen LogP contribution in [0.2, 0.25) is 0 Å². The second kappa shape index (κ2) is 6.33. The first kappa shape index (κ1) is 15.2. The van der Waals surface area contributed by atoms with Crippen molar-refractivity contribution in [1.29, 1.82) is 0 Å². The van der Waals surface area contributed by atoms with Crippen molar-refractivity contribution in [3.05, 3.63) is 35.9 Å². The molecular formula is C14H20N2O3. The number of rotatable bonds is 5. The van der Waals surface area contributed by atoms with Crippen molar-refractivity contribution in [2.24, 2.45) is 0 Å². The predicted octanol–water partition coefficient (Wildman–Crippen LogP) is 0.692. The highest BCUT2D eigenvalue weighted by atomic mass is 16.3. The Kier molecular flexibility index (Phi) is 5.06. The van der Waals surface area contributed by atoms with E-state index in [1.165, 1.54) is 0 Å². The molecule has 1 aromatic rings. The van der Waals surface area contributed by atoms with Crippen LogP contribution in [-0.4, -0.2) is 35.1 Å². The third kappa shape index (κ3) is 4.71. The highest BCUT2D eigenvalue weighted by molar-refractivity contribution is 5.96. The van der Waals surface area contributed by atoms with Crippen LogP contribution in [0.5, 0.6) is 0 Å². The first-order chi connectivity index (χ1) is 8.83. The summed E-state index contributed by atoms with van der Waals surface area (Å²) in [7, 11) is 0. The normalized spacial score (nSPS) is 12.6. The average molecular weight is 264 g/mol. The maximum absolute atomic E-state index is 11.7. The molecule has 0 aliphatic heterocycles. The third-order valence-electron chi connectivity index (χ3n) is 2.95. The second-order valence-corrected chi connectivity index (χ2v) is 4.99. The summed E-state index contributed by atoms with van der Waals surface area (Å²) in [6.45, 7) is 4.91. The molecule has 19 heavy (non-hydrogen) atoms. The number of nitrogens with one attached hydrogen (secondary N) is 2. The van der Waals surface area contributed by atoms with E-state index < -0.39 is 11.6 Å². The SMILES string of the molecule is CC(O)C(C)(C)NC(=O)CNC(=O)c1ccccc1. The van der Waals surface area contributed by atoms with E-state index in [-0.39, 0.29) is 18.4 Å². The Morgan fingerprint density at radius 2 is 1.84 bits per heavy atom. The number of carbonyl (C=O) groups excluding carboxylic acids is 2. The van der Waals surface area contributed by atoms with Gasteiger partial charge >= 0.3 is 0 Å². The molecule has 0 radical (unpaired) electrons. The summed E-state index contributed by atoms with van der Waals surface area (Å²) in [6.07, 6.45) is -0.679. The Bertz CT molecular complexity index is 441. The minimum atomic E-state index is -0.728. The van der Waals surface area contributed by atoms with Gasteiger partial charge in [-0.05, 0) is 32.9 Å². The van der Waals surface area contributed by atoms with Crippen LogP contribution in [0.1, 0.15) is 31.1 Å². The molecule has 1 unspecified atom stereocenters. The van der Waals surface area contributed by atoms with Crippen molar-refractivity contribution in [3.8, 4) is 0 Å². The van der Waals surface area contributed by atoms with Gasteiger partial charge in [0.25, 0.3) is 5.91 Å². The molecular weight excluding hydrogens is 244 g/mol. The van der Waals surface area contributed by atoms with Crippen molar-refractivity contribution in [2.45, 2.75) is 32.4 Å². The molecule has 0 aliphatic carbocycles. The van der Waals surface area contributed by atoms with Crippen LogP contribution in [0.15, 0.2) is 30.3 Å². The molecule has 0 fully saturated rings. The zero-order valence-corrected chi connectivity index (χ0v) is 11.4. The highest BCUT2D eigenvalue weighted by Crippen LogP contribution is 2.07. The monoisotopic (exact) mass is 264 g/mol. The fourth-order valence-corrected chi connectivity index (χ4v) is 1.36. The van der Waals surface area contributed by atoms with Crippen molar-refractivity contribution in [1.82, 2.24) is 10.6 Å². The number of benzene rings is 1. The number of amides is 2. The quantitative estimate of drug-likeness (QED) is 0.732. The average Bonchev–Trinajstić information content (AvgIpc) is 2.36. The Balaban J connectivity index is 2.45. The molecule has 0 saturated carbocycles. The molecule has 0 aromatic heterocycles. The molecule has 5 nitrogen and oxygen atoms in total. The van der Waals surface area contributed by atoms with Gasteiger partial charge in [-0.1, -0.05) is 18.2 Å². The third-order valence-corrected chi connectivity index (χ3v) is 2.95. The molecule has 104 valence electrons. The maximum atomic E-state index is 11.7. The number of carbonyl (C=O) groups is 2. The Hall–Kier alpha value is -1.88. The van der Waals surface area contributed by atoms with E-state index >= 15 is 0 Å². The number of aliphatic hydroxyl groups is 1. The molecule has 0 spiro atoms. The first-order valence-electron chi connectivity index (χ1n) is 6.15. The van der Waals surface area contributed by atoms with Crippen LogP contribution < -0.4 is 10.6 Å². The molecule has 2 amide bonds. The molecule has 0 bridgehead atoms. The molecule has 3 N–H and O–H groups in total. The molecule has 0 heterocycles. The summed E-state index contributed by atoms with van der Waals surface area (Å²) >= 11 is 0. The van der Waals surface area contributed by atoms with Gasteiger partial charge in [-0.15, -0.1) is 0 Å². The standard InChI is InChI=1S/C14H20N2O3/c1-10(17)14(2,3)16-12(18)9-15-13(19)11-7-5-4-6-8-11/h4-8,10,17H,9H2,1-3H3,(H,15,19)(H,16,18). The molecule has 1 atom stereocenters. The van der Waals surface area contributed by atoms with Gasteiger partial charge in [0.05, 0.1) is 18.2 Å². The van der Waals surface area contributed by atoms with Gasteiger partial charge < -0.3 is 15.7 Å². The molecule has 0 saturated heterocycles. The second-order valence-electron chi connectivity index (χ2n) is 4.99. The zero-order valence-electron chi connectivity index (χ0n) is 11.4. The smallest absolute Gasteiger partial charge is 0.251 e. The molecule has 1 rings (SSSR count). The van der Waals surface area contributed by atoms with Crippen LogP contribution in [-0.2, 0) is 4.79 Å². The van der Waals surface area contributed by atoms with Gasteiger partial charge in [-0.25, -0.2) is 0 Å². The van der Waals surface area contributed by atoms with Crippen molar-refractivity contribution < 1.29 is 14.7 Å². The Morgan fingerprint density at radius 1 is 1.26 bits per heavy atom. The summed E-state index contributed by atoms with van der Waals surface area (Å²) in [5, 5.41) is 14.7. The van der Waals surface area contributed by atoms with Gasteiger partial charge in [-0.3, -0.25) is 9.59 Å². The van der Waals surface area contributed by atoms with Crippen molar-refractivity contribution >= 4 is 11.8 Å². The van der Waals surface area contributed by atoms with Crippen molar-refractivity contribution in [3.63, 3.8) is 0 Å². The number of aliphatic hydroxyl groups excluding tert-OH is 1. The summed E-state index contributed by atoms with van der Waals surface area (Å²) < 4.78 is 0. The van der Waals surface area contributed by atoms with E-state index in [2.05, 4.69) is 10.6 Å². The van der Waals surface area contributed by atoms with E-state index in [1.54, 1.807) is 45.0 Å². The van der Waals surface area contributed by atoms with Crippen LogP contribution in [0, 0.1) is 0 Å². The van der Waals surface area contributed by atoms with Crippen molar-refractivity contribution in [2.75, 3.05) is 6.54 Å². The van der Waals surface area contributed by atoms with E-state index in [0.29, 0.717) is 5.56 Å². The number of hydrogen-bond acceptors (Lipinski definition) is 3. The first-order valence-corrected chi connectivity index (χ1v) is 6.15. The lowest BCUT2D eigenvalue weighted by atomic mass is 9.99. The summed E-state index contributed by atoms with van der Waals surface area (Å²) in [5.74, 6) is -0.638. The van der Waals surface area contributed by atoms with Gasteiger partial charge in [0.1, 0.15) is 0 Å². The lowest BCUT2D eigenvalue weighted by Gasteiger charge is -2.29. The molecule has 0 aliphatic rings. The molecule has 1 aromatic carbocycles. The highest BCUT2D eigenvalue weighted by Gasteiger charge is 2.25. The number of hydrogen-bond donors (Lipinski definition) is 3. The van der Waals surface area contributed by atoms with Crippen LogP contribution in [0.3, 0.4) is 0 Å². The fraction of sp³-hybridized carbons (Fsp3) is 0.429. The minimum absolute atomic E-state index is 0.121. The summed E-state index contributed by atoms with van der Waals surface area (Å²) in [6, 6.07) is 8.67. The summed E-state index contributed by atoms with van der Waals surface area (Å²) in [5.41, 5.74) is -0.223. The van der Waals surface area contributed by atoms with Gasteiger partial charge in [0.2, 0.25) is 5.91 Å². The van der Waals surface area contributed by atoms with Crippen LogP contribution >= 0.6 is 0 Å². The minimum Gasteiger partial charge on any atom is -0.391 e. The lowest BCUT2D eigenvalue weighted by molar-refractivity contribution is -0.123. The van der Waals surface area contributed by atoms with E-state index in [4.69, 9.17) is 0 Å². The van der Waals surface area contributed by atoms with Gasteiger partial charge in [0.15, 0.2) is 0 Å². The zero-order chi connectivity index (χ0) is 14.5. The topological polar surface area (TPSA) is 78.4 Å². The van der Waals surface area contributed by atoms with Gasteiger partial charge in [0, 0.05) is 5.56 Å². The largest absolute Gasteiger partial charge is 0.391 e. The Labute approximate surface area is 113 Å². The lowest BCUT2D eigenvalue weighted by Crippen LogP contribution is -2.53. The predicted molar refractivity (Wildman–Crippen MR) is 72.7 cm³/mol. The van der Waals surface area contributed by atoms with E-state index in [9.17, 15) is 14.7 Å². The van der Waals surface area contributed by atoms with Gasteiger partial charge in [-0.2, -0.15) is 0 Å². The summed E-state index contributed by atoms with van der Waals surface area (Å²) in [4.78, 5) is 23.4. The maximum Gasteiger partial charge on any atom is 0.251 e. The fourth-order valence-electron chi connectivity index (χ4n) is 1.36. The Morgan fingerprint density at radius 3 is 2.37 bits per heavy atom. The van der Waals surface area contributed by atoms with E-state index in [0.717, 1.165) is 0 Å².